The highest BCUT2D eigenvalue weighted by molar-refractivity contribution is 4.69. The maximum atomic E-state index is 9.21. The van der Waals surface area contributed by atoms with E-state index in [1.165, 1.54) is 0 Å². The molecule has 2 nitrogen and oxygen atoms in total. The molecule has 0 aromatic heterocycles. The summed E-state index contributed by atoms with van der Waals surface area (Å²) in [5.74, 6) is 0.838. The van der Waals surface area contributed by atoms with Crippen LogP contribution < -0.4 is 0 Å². The number of aliphatic hydroxyl groups is 2. The van der Waals surface area contributed by atoms with E-state index in [0.29, 0.717) is 11.8 Å². The Bertz CT molecular complexity index is 98.0. The van der Waals surface area contributed by atoms with Crippen molar-refractivity contribution in [1.82, 2.24) is 0 Å². The summed E-state index contributed by atoms with van der Waals surface area (Å²) < 4.78 is 0. The van der Waals surface area contributed by atoms with Gasteiger partial charge in [-0.2, -0.15) is 0 Å². The van der Waals surface area contributed by atoms with E-state index in [-0.39, 0.29) is 12.7 Å². The molecule has 0 aliphatic heterocycles. The minimum absolute atomic E-state index is 0.240. The summed E-state index contributed by atoms with van der Waals surface area (Å²) in [4.78, 5) is 0. The maximum Gasteiger partial charge on any atom is 0.0514 e. The van der Waals surface area contributed by atoms with E-state index in [1.807, 2.05) is 6.92 Å². The summed E-state index contributed by atoms with van der Waals surface area (Å²) in [5.41, 5.74) is 0. The van der Waals surface area contributed by atoms with Crippen molar-refractivity contribution in [2.45, 2.75) is 46.1 Å². The first-order chi connectivity index (χ1) is 5.65. The van der Waals surface area contributed by atoms with Gasteiger partial charge in [-0.1, -0.05) is 26.7 Å². The van der Waals surface area contributed by atoms with Crippen LogP contribution in [0.25, 0.3) is 0 Å². The average molecular weight is 174 g/mol. The molecule has 2 N–H and O–H groups in total. The normalized spacial score (nSPS) is 18.8. The van der Waals surface area contributed by atoms with Crippen molar-refractivity contribution < 1.29 is 10.2 Å². The molecule has 0 spiro atoms. The summed E-state index contributed by atoms with van der Waals surface area (Å²) >= 11 is 0. The zero-order valence-corrected chi connectivity index (χ0v) is 8.45. The molecule has 0 saturated carbocycles. The van der Waals surface area contributed by atoms with Crippen LogP contribution in [-0.2, 0) is 0 Å². The van der Waals surface area contributed by atoms with Gasteiger partial charge in [0.1, 0.15) is 0 Å². The van der Waals surface area contributed by atoms with Crippen molar-refractivity contribution in [3.8, 4) is 0 Å². The molecule has 0 amide bonds. The lowest BCUT2D eigenvalue weighted by molar-refractivity contribution is 0.106. The van der Waals surface area contributed by atoms with E-state index in [9.17, 15) is 5.11 Å². The van der Waals surface area contributed by atoms with Crippen LogP contribution in [-0.4, -0.2) is 22.9 Å². The van der Waals surface area contributed by atoms with Crippen LogP contribution in [0.1, 0.15) is 40.0 Å². The molecule has 0 aliphatic rings. The lowest BCUT2D eigenvalue weighted by atomic mass is 9.84. The molecule has 0 heterocycles. The lowest BCUT2D eigenvalue weighted by Crippen LogP contribution is -2.21. The number of hydrogen-bond acceptors (Lipinski definition) is 2. The van der Waals surface area contributed by atoms with E-state index in [2.05, 4.69) is 13.8 Å². The summed E-state index contributed by atoms with van der Waals surface area (Å²) in [6.07, 6.45) is 2.62. The SMILES string of the molecule is CCC(CO)C(CC)CC(C)O. The predicted octanol–water partition coefficient (Wildman–Crippen LogP) is 1.80. The Hall–Kier alpha value is -0.0800. The van der Waals surface area contributed by atoms with E-state index >= 15 is 0 Å². The van der Waals surface area contributed by atoms with Crippen LogP contribution in [0.15, 0.2) is 0 Å². The Morgan fingerprint density at radius 2 is 1.58 bits per heavy atom. The Balaban J connectivity index is 3.92. The molecular formula is C10H22O2. The fourth-order valence-electron chi connectivity index (χ4n) is 1.74. The topological polar surface area (TPSA) is 40.5 Å². The van der Waals surface area contributed by atoms with Crippen LogP contribution in [0.2, 0.25) is 0 Å². The van der Waals surface area contributed by atoms with Crippen LogP contribution >= 0.6 is 0 Å². The van der Waals surface area contributed by atoms with Gasteiger partial charge in [-0.05, 0) is 25.2 Å². The predicted molar refractivity (Wildman–Crippen MR) is 50.9 cm³/mol. The highest BCUT2D eigenvalue weighted by atomic mass is 16.3. The summed E-state index contributed by atoms with van der Waals surface area (Å²) in [6.45, 7) is 6.27. The number of aliphatic hydroxyl groups excluding tert-OH is 2. The highest BCUT2D eigenvalue weighted by Crippen LogP contribution is 2.23. The Morgan fingerprint density at radius 1 is 1.08 bits per heavy atom. The second-order valence-corrected chi connectivity index (χ2v) is 3.60. The van der Waals surface area contributed by atoms with Crippen molar-refractivity contribution in [3.63, 3.8) is 0 Å². The van der Waals surface area contributed by atoms with Gasteiger partial charge in [-0.25, -0.2) is 0 Å². The van der Waals surface area contributed by atoms with Gasteiger partial charge in [-0.15, -0.1) is 0 Å². The van der Waals surface area contributed by atoms with Crippen LogP contribution in [0.3, 0.4) is 0 Å². The molecule has 12 heavy (non-hydrogen) atoms. The largest absolute Gasteiger partial charge is 0.396 e. The number of rotatable bonds is 6. The zero-order valence-electron chi connectivity index (χ0n) is 8.45. The van der Waals surface area contributed by atoms with Gasteiger partial charge in [-0.3, -0.25) is 0 Å². The van der Waals surface area contributed by atoms with E-state index in [4.69, 9.17) is 5.11 Å². The zero-order chi connectivity index (χ0) is 9.56. The third-order valence-corrected chi connectivity index (χ3v) is 2.59. The molecule has 3 unspecified atom stereocenters. The first kappa shape index (κ1) is 11.9. The molecule has 0 radical (unpaired) electrons. The monoisotopic (exact) mass is 174 g/mol. The lowest BCUT2D eigenvalue weighted by Gasteiger charge is -2.24. The van der Waals surface area contributed by atoms with Gasteiger partial charge in [0.2, 0.25) is 0 Å². The molecule has 0 bridgehead atoms. The van der Waals surface area contributed by atoms with Gasteiger partial charge in [0.25, 0.3) is 0 Å². The molecule has 0 rings (SSSR count). The fraction of sp³-hybridized carbons (Fsp3) is 1.00. The quantitative estimate of drug-likeness (QED) is 0.644. The molecule has 0 aromatic rings. The van der Waals surface area contributed by atoms with Gasteiger partial charge in [0, 0.05) is 6.61 Å². The molecule has 0 aliphatic carbocycles. The van der Waals surface area contributed by atoms with E-state index in [0.717, 1.165) is 19.3 Å². The molecule has 0 aromatic carbocycles. The van der Waals surface area contributed by atoms with Crippen molar-refractivity contribution >= 4 is 0 Å². The first-order valence-corrected chi connectivity index (χ1v) is 4.94. The van der Waals surface area contributed by atoms with Gasteiger partial charge in [0.15, 0.2) is 0 Å². The van der Waals surface area contributed by atoms with Gasteiger partial charge in [0.05, 0.1) is 6.10 Å². The van der Waals surface area contributed by atoms with Crippen molar-refractivity contribution in [2.24, 2.45) is 11.8 Å². The minimum atomic E-state index is -0.240. The Morgan fingerprint density at radius 3 is 1.83 bits per heavy atom. The summed E-state index contributed by atoms with van der Waals surface area (Å²) in [6, 6.07) is 0. The van der Waals surface area contributed by atoms with Crippen molar-refractivity contribution in [2.75, 3.05) is 6.61 Å². The van der Waals surface area contributed by atoms with Crippen LogP contribution in [0, 0.1) is 11.8 Å². The number of hydrogen-bond donors (Lipinski definition) is 2. The minimum Gasteiger partial charge on any atom is -0.396 e. The maximum absolute atomic E-state index is 9.21. The van der Waals surface area contributed by atoms with Gasteiger partial charge < -0.3 is 10.2 Å². The molecule has 74 valence electrons. The average Bonchev–Trinajstić information content (AvgIpc) is 2.04. The highest BCUT2D eigenvalue weighted by Gasteiger charge is 2.18. The second kappa shape index (κ2) is 6.44. The van der Waals surface area contributed by atoms with Crippen LogP contribution in [0.5, 0.6) is 0 Å². The van der Waals surface area contributed by atoms with E-state index < -0.39 is 0 Å². The smallest absolute Gasteiger partial charge is 0.0514 e. The van der Waals surface area contributed by atoms with Crippen molar-refractivity contribution in [3.05, 3.63) is 0 Å². The Labute approximate surface area is 75.6 Å². The molecule has 2 heteroatoms. The van der Waals surface area contributed by atoms with Crippen molar-refractivity contribution in [1.29, 1.82) is 0 Å². The molecule has 0 fully saturated rings. The standard InChI is InChI=1S/C10H22O2/c1-4-9(6-8(3)12)10(5-2)7-11/h8-12H,4-7H2,1-3H3. The first-order valence-electron chi connectivity index (χ1n) is 4.94. The van der Waals surface area contributed by atoms with E-state index in [1.54, 1.807) is 0 Å². The third-order valence-electron chi connectivity index (χ3n) is 2.59. The third kappa shape index (κ3) is 4.07. The summed E-state index contributed by atoms with van der Waals surface area (Å²) in [7, 11) is 0. The van der Waals surface area contributed by atoms with Gasteiger partial charge >= 0.3 is 0 Å². The molecule has 0 saturated heterocycles. The summed E-state index contributed by atoms with van der Waals surface area (Å²) in [5, 5.41) is 18.3. The Kier molecular flexibility index (Phi) is 6.39. The molecular weight excluding hydrogens is 152 g/mol. The van der Waals surface area contributed by atoms with Crippen LogP contribution in [0.4, 0.5) is 0 Å². The molecule has 3 atom stereocenters. The fourth-order valence-corrected chi connectivity index (χ4v) is 1.74. The second-order valence-electron chi connectivity index (χ2n) is 3.60.